The first-order chi connectivity index (χ1) is 19.8. The molecule has 3 heterocycles. The van der Waals surface area contributed by atoms with Crippen LogP contribution in [0.1, 0.15) is 44.9 Å². The van der Waals surface area contributed by atoms with Gasteiger partial charge in [0.25, 0.3) is 0 Å². The Hall–Kier alpha value is -2.24. The third kappa shape index (κ3) is 7.99. The summed E-state index contributed by atoms with van der Waals surface area (Å²) in [6.45, 7) is 10.5. The lowest BCUT2D eigenvalue weighted by atomic mass is 10.1. The number of carbonyl (C=O) groups is 1. The number of rotatable bonds is 15. The zero-order chi connectivity index (χ0) is 29.4. The molecular weight excluding hydrogens is 534 g/mol. The second kappa shape index (κ2) is 14.8. The summed E-state index contributed by atoms with van der Waals surface area (Å²) in [6.07, 6.45) is 7.77. The number of aromatic nitrogens is 3. The average molecular weight is 585 g/mol. The molecule has 1 saturated heterocycles. The molecule has 9 nitrogen and oxygen atoms in total. The van der Waals surface area contributed by atoms with Crippen molar-refractivity contribution in [1.29, 1.82) is 0 Å². The quantitative estimate of drug-likeness (QED) is 0.208. The van der Waals surface area contributed by atoms with Crippen molar-refractivity contribution in [2.75, 3.05) is 85.6 Å². The first-order valence-electron chi connectivity index (χ1n) is 15.2. The number of ether oxygens (including phenoxy) is 1. The van der Waals surface area contributed by atoms with Crippen LogP contribution in [0.5, 0.6) is 0 Å². The van der Waals surface area contributed by atoms with E-state index in [1.54, 1.807) is 0 Å². The van der Waals surface area contributed by atoms with E-state index in [0.717, 1.165) is 110 Å². The summed E-state index contributed by atoms with van der Waals surface area (Å²) in [5.41, 5.74) is 10.7. The van der Waals surface area contributed by atoms with Crippen LogP contribution in [0.15, 0.2) is 18.2 Å². The van der Waals surface area contributed by atoms with E-state index in [0.29, 0.717) is 25.5 Å². The maximum Gasteiger partial charge on any atom is 0.190 e. The number of unbranched alkanes of at least 4 members (excludes halogenated alkanes) is 2. The Kier molecular flexibility index (Phi) is 11.4. The van der Waals surface area contributed by atoms with E-state index in [1.807, 2.05) is 6.26 Å². The van der Waals surface area contributed by atoms with Gasteiger partial charge in [0.15, 0.2) is 10.9 Å². The van der Waals surface area contributed by atoms with Crippen LogP contribution in [0.2, 0.25) is 0 Å². The largest absolute Gasteiger partial charge is 0.382 e. The molecule has 0 bridgehead atoms. The van der Waals surface area contributed by atoms with E-state index in [9.17, 15) is 4.79 Å². The Morgan fingerprint density at radius 2 is 1.90 bits per heavy atom. The highest BCUT2D eigenvalue weighted by Gasteiger charge is 2.31. The molecule has 3 aromatic rings. The van der Waals surface area contributed by atoms with E-state index in [1.165, 1.54) is 17.4 Å². The van der Waals surface area contributed by atoms with Crippen molar-refractivity contribution in [3.05, 3.63) is 24.0 Å². The number of aryl methyl sites for hydroxylation is 2. The number of nitrogens with two attached hydrogens (primary N) is 1. The van der Waals surface area contributed by atoms with Gasteiger partial charge in [0.2, 0.25) is 0 Å². The number of anilines is 1. The summed E-state index contributed by atoms with van der Waals surface area (Å²) >= 11 is 1.27. The van der Waals surface area contributed by atoms with E-state index in [4.69, 9.17) is 20.4 Å². The van der Waals surface area contributed by atoms with Gasteiger partial charge in [0.05, 0.1) is 44.4 Å². The molecule has 0 radical (unpaired) electrons. The molecule has 0 saturated carbocycles. The van der Waals surface area contributed by atoms with E-state index in [-0.39, 0.29) is 5.12 Å². The number of hydrogen-bond acceptors (Lipinski definition) is 8. The fourth-order valence-electron chi connectivity index (χ4n) is 5.73. The molecule has 0 spiro atoms. The minimum atomic E-state index is 0.186. The van der Waals surface area contributed by atoms with Gasteiger partial charge in [0, 0.05) is 56.5 Å². The molecule has 0 atom stereocenters. The molecule has 2 aromatic heterocycles. The lowest BCUT2D eigenvalue weighted by Crippen LogP contribution is -2.58. The summed E-state index contributed by atoms with van der Waals surface area (Å²) in [5, 5.41) is 1.34. The number of nitrogens with zero attached hydrogens (tertiary/aromatic N) is 6. The monoisotopic (exact) mass is 584 g/mol. The minimum absolute atomic E-state index is 0.186. The predicted octanol–water partition coefficient (Wildman–Crippen LogP) is 4.40. The van der Waals surface area contributed by atoms with Gasteiger partial charge in [-0.25, -0.2) is 9.97 Å². The van der Waals surface area contributed by atoms with Gasteiger partial charge in [-0.1, -0.05) is 25.1 Å². The van der Waals surface area contributed by atoms with Crippen molar-refractivity contribution in [1.82, 2.24) is 28.8 Å². The van der Waals surface area contributed by atoms with Crippen LogP contribution in [0.25, 0.3) is 21.9 Å². The SMILES string of the molecule is CCCCc1nc2c(N)nc3ccc([N+]4(C)CCN(CCOCCC(=O)SC)CC4)cc3c2n1CCCCN(C)C. The summed E-state index contributed by atoms with van der Waals surface area (Å²) < 4.78 is 9.05. The number of quaternary nitrogens is 1. The van der Waals surface area contributed by atoms with Crippen LogP contribution >= 0.6 is 11.8 Å². The number of piperazine rings is 1. The highest BCUT2D eigenvalue weighted by molar-refractivity contribution is 8.13. The number of hydrogen-bond donors (Lipinski definition) is 1. The topological polar surface area (TPSA) is 89.5 Å². The van der Waals surface area contributed by atoms with Gasteiger partial charge >= 0.3 is 0 Å². The Morgan fingerprint density at radius 3 is 2.61 bits per heavy atom. The van der Waals surface area contributed by atoms with Crippen molar-refractivity contribution in [2.45, 2.75) is 52.0 Å². The van der Waals surface area contributed by atoms with Crippen LogP contribution in [-0.2, 0) is 22.5 Å². The molecule has 2 N–H and O–H groups in total. The number of imidazole rings is 1. The molecule has 0 unspecified atom stereocenters. The Bertz CT molecular complexity index is 1300. The van der Waals surface area contributed by atoms with Crippen molar-refractivity contribution < 1.29 is 9.53 Å². The summed E-state index contributed by atoms with van der Waals surface area (Å²) in [5.74, 6) is 1.66. The average Bonchev–Trinajstić information content (AvgIpc) is 3.33. The predicted molar refractivity (Wildman–Crippen MR) is 174 cm³/mol. The Balaban J connectivity index is 1.54. The van der Waals surface area contributed by atoms with Gasteiger partial charge in [-0.05, 0) is 52.2 Å². The number of pyridine rings is 1. The Morgan fingerprint density at radius 1 is 1.12 bits per heavy atom. The first-order valence-corrected chi connectivity index (χ1v) is 16.4. The highest BCUT2D eigenvalue weighted by Crippen LogP contribution is 2.34. The second-order valence-corrected chi connectivity index (χ2v) is 12.7. The lowest BCUT2D eigenvalue weighted by Gasteiger charge is -2.41. The van der Waals surface area contributed by atoms with E-state index < -0.39 is 0 Å². The highest BCUT2D eigenvalue weighted by atomic mass is 32.2. The zero-order valence-electron chi connectivity index (χ0n) is 25.8. The number of likely N-dealkylation sites (N-methyl/N-ethyl adjacent to an activating group) is 1. The fourth-order valence-corrected chi connectivity index (χ4v) is 6.02. The minimum Gasteiger partial charge on any atom is -0.382 e. The fraction of sp³-hybridized carbons (Fsp3) is 0.645. The summed E-state index contributed by atoms with van der Waals surface area (Å²) in [4.78, 5) is 26.0. The number of nitrogen functional groups attached to an aromatic ring is 1. The van der Waals surface area contributed by atoms with Gasteiger partial charge in [-0.15, -0.1) is 0 Å². The molecule has 1 aliphatic rings. The van der Waals surface area contributed by atoms with Crippen LogP contribution in [-0.4, -0.2) is 109 Å². The van der Waals surface area contributed by atoms with Crippen molar-refractivity contribution in [3.63, 3.8) is 0 Å². The number of benzene rings is 1. The molecule has 4 rings (SSSR count). The molecule has 0 aliphatic carbocycles. The third-order valence-corrected chi connectivity index (χ3v) is 9.09. The maximum absolute atomic E-state index is 11.5. The van der Waals surface area contributed by atoms with Gasteiger partial charge in [-0.3, -0.25) is 14.2 Å². The van der Waals surface area contributed by atoms with Crippen LogP contribution in [0.3, 0.4) is 0 Å². The normalized spacial score (nSPS) is 15.9. The number of carbonyl (C=O) groups excluding carboxylic acids is 1. The molecule has 10 heteroatoms. The second-order valence-electron chi connectivity index (χ2n) is 11.8. The molecular formula is C31H50N7O2S+. The Labute approximate surface area is 250 Å². The standard InChI is InChI=1S/C31H50N7O2S/c1-6-7-10-27-34-29-30(37(27)15-9-8-14-35(2)3)25-23-24(11-12-26(25)33-31(29)32)38(4)19-16-36(17-20-38)18-22-40-21-13-28(39)41-5/h11-12,23H,6-10,13-22H2,1-5H3,(H2,32,33)/q+1. The number of thioether (sulfide) groups is 1. The molecule has 41 heavy (non-hydrogen) atoms. The first kappa shape index (κ1) is 31.7. The van der Waals surface area contributed by atoms with Crippen LogP contribution in [0.4, 0.5) is 11.5 Å². The smallest absolute Gasteiger partial charge is 0.190 e. The lowest BCUT2D eigenvalue weighted by molar-refractivity contribution is -0.112. The molecule has 1 fully saturated rings. The molecule has 226 valence electrons. The van der Waals surface area contributed by atoms with Crippen molar-refractivity contribution >= 4 is 50.3 Å². The van der Waals surface area contributed by atoms with Gasteiger partial charge in [-0.2, -0.15) is 0 Å². The van der Waals surface area contributed by atoms with Gasteiger partial charge in [0.1, 0.15) is 17.0 Å². The zero-order valence-corrected chi connectivity index (χ0v) is 26.6. The van der Waals surface area contributed by atoms with Crippen molar-refractivity contribution in [3.8, 4) is 0 Å². The van der Waals surface area contributed by atoms with Gasteiger partial charge < -0.3 is 19.9 Å². The molecule has 1 aromatic carbocycles. The van der Waals surface area contributed by atoms with E-state index in [2.05, 4.69) is 60.6 Å². The summed E-state index contributed by atoms with van der Waals surface area (Å²) in [7, 11) is 6.61. The van der Waals surface area contributed by atoms with Crippen molar-refractivity contribution in [2.24, 2.45) is 0 Å². The summed E-state index contributed by atoms with van der Waals surface area (Å²) in [6, 6.07) is 6.74. The molecule has 0 amide bonds. The number of fused-ring (bicyclic) bond motifs is 3. The van der Waals surface area contributed by atoms with Crippen LogP contribution < -0.4 is 10.2 Å². The maximum atomic E-state index is 11.5. The third-order valence-electron chi connectivity index (χ3n) is 8.43. The van der Waals surface area contributed by atoms with Crippen LogP contribution in [0, 0.1) is 0 Å². The van der Waals surface area contributed by atoms with E-state index >= 15 is 0 Å². The molecule has 1 aliphatic heterocycles.